The molecule has 0 bridgehead atoms. The van der Waals surface area contributed by atoms with E-state index < -0.39 is 41.7 Å². The molecule has 0 amide bonds. The Morgan fingerprint density at radius 2 is 1.42 bits per heavy atom. The van der Waals surface area contributed by atoms with Crippen LogP contribution in [0.5, 0.6) is 0 Å². The van der Waals surface area contributed by atoms with Crippen molar-refractivity contribution in [1.82, 2.24) is 0 Å². The number of alkyl halides is 3. The molecule has 5 nitrogen and oxygen atoms in total. The van der Waals surface area contributed by atoms with Crippen LogP contribution in [-0.2, 0) is 26.1 Å². The Kier molecular flexibility index (Phi) is 6.06. The molecule has 0 aliphatic carbocycles. The maximum atomic E-state index is 12.2. The molecule has 0 spiro atoms. The van der Waals surface area contributed by atoms with Crippen molar-refractivity contribution >= 4 is 20.0 Å². The summed E-state index contributed by atoms with van der Waals surface area (Å²) >= 11 is 0. The van der Waals surface area contributed by atoms with E-state index in [2.05, 4.69) is 0 Å². The molecule has 0 aliphatic rings. The van der Waals surface area contributed by atoms with Gasteiger partial charge < -0.3 is 4.55 Å². The standard InChI is InChI=1S/C8H7F3O5S2.Na/c9-8(10,11)6-1-3-7(4-2-6)17(12,13)5-18(14,15)16;/h1-4H,5H2,(H,14,15,16);/q;+1/p-1. The second-order valence-electron chi connectivity index (χ2n) is 3.31. The molecule has 1 rings (SSSR count). The monoisotopic (exact) mass is 326 g/mol. The fourth-order valence-corrected chi connectivity index (χ4v) is 3.72. The van der Waals surface area contributed by atoms with Crippen molar-refractivity contribution in [3.05, 3.63) is 29.8 Å². The van der Waals surface area contributed by atoms with E-state index in [0.717, 1.165) is 0 Å². The molecule has 0 saturated carbocycles. The van der Waals surface area contributed by atoms with Crippen LogP contribution in [0, 0.1) is 0 Å². The van der Waals surface area contributed by atoms with E-state index in [9.17, 15) is 34.6 Å². The zero-order valence-corrected chi connectivity index (χ0v) is 13.1. The summed E-state index contributed by atoms with van der Waals surface area (Å²) in [4.78, 5) is -0.657. The Balaban J connectivity index is 0.00000324. The minimum Gasteiger partial charge on any atom is -0.747 e. The van der Waals surface area contributed by atoms with Crippen molar-refractivity contribution in [3.8, 4) is 0 Å². The molecule has 1 aromatic rings. The third kappa shape index (κ3) is 5.79. The summed E-state index contributed by atoms with van der Waals surface area (Å²) in [6, 6.07) is 2.18. The Hall–Kier alpha value is -0.130. The van der Waals surface area contributed by atoms with Gasteiger partial charge in [0.1, 0.15) is 15.2 Å². The molecule has 0 aliphatic heterocycles. The number of sulfone groups is 1. The van der Waals surface area contributed by atoms with Gasteiger partial charge in [0.25, 0.3) is 0 Å². The van der Waals surface area contributed by atoms with Crippen molar-refractivity contribution in [1.29, 1.82) is 0 Å². The average molecular weight is 326 g/mol. The molecule has 102 valence electrons. The van der Waals surface area contributed by atoms with Gasteiger partial charge in [-0.3, -0.25) is 0 Å². The SMILES string of the molecule is O=S(=O)([O-])CS(=O)(=O)c1ccc(C(F)(F)F)cc1.[Na+]. The molecule has 0 N–H and O–H groups in total. The van der Waals surface area contributed by atoms with Crippen LogP contribution in [0.25, 0.3) is 0 Å². The zero-order valence-electron chi connectivity index (χ0n) is 9.51. The van der Waals surface area contributed by atoms with Gasteiger partial charge in [-0.1, -0.05) is 0 Å². The van der Waals surface area contributed by atoms with E-state index in [4.69, 9.17) is 0 Å². The first-order valence-corrected chi connectivity index (χ1v) is 7.48. The molecule has 0 heterocycles. The maximum absolute atomic E-state index is 12.2. The van der Waals surface area contributed by atoms with Gasteiger partial charge in [0.2, 0.25) is 0 Å². The summed E-state index contributed by atoms with van der Waals surface area (Å²) in [6.07, 6.45) is -4.63. The van der Waals surface area contributed by atoms with Crippen molar-refractivity contribution in [2.45, 2.75) is 11.1 Å². The summed E-state index contributed by atoms with van der Waals surface area (Å²) < 4.78 is 90.3. The van der Waals surface area contributed by atoms with Gasteiger partial charge in [-0.05, 0) is 24.3 Å². The Bertz CT molecular complexity index is 634. The van der Waals surface area contributed by atoms with Gasteiger partial charge in [-0.25, -0.2) is 16.8 Å². The first kappa shape index (κ1) is 18.9. The first-order chi connectivity index (χ1) is 7.92. The van der Waals surface area contributed by atoms with Gasteiger partial charge in [0, 0.05) is 0 Å². The van der Waals surface area contributed by atoms with Crippen LogP contribution in [0.1, 0.15) is 5.56 Å². The molecular formula is C8H6F3NaO5S2. The second-order valence-corrected chi connectivity index (χ2v) is 7.07. The van der Waals surface area contributed by atoms with Gasteiger partial charge in [-0.15, -0.1) is 0 Å². The molecule has 0 radical (unpaired) electrons. The summed E-state index contributed by atoms with van der Waals surface area (Å²) in [6.45, 7) is 0. The number of rotatable bonds is 3. The fourth-order valence-electron chi connectivity index (χ4n) is 1.11. The van der Waals surface area contributed by atoms with E-state index in [0.29, 0.717) is 24.3 Å². The predicted octanol–water partition coefficient (Wildman–Crippen LogP) is -2.01. The third-order valence-electron chi connectivity index (χ3n) is 1.84. The average Bonchev–Trinajstić information content (AvgIpc) is 2.13. The van der Waals surface area contributed by atoms with Crippen LogP contribution in [0.2, 0.25) is 0 Å². The predicted molar refractivity (Wildman–Crippen MR) is 53.2 cm³/mol. The second kappa shape index (κ2) is 6.10. The number of hydrogen-bond donors (Lipinski definition) is 0. The summed E-state index contributed by atoms with van der Waals surface area (Å²) in [5, 5.41) is -1.69. The van der Waals surface area contributed by atoms with Crippen molar-refractivity contribution in [3.63, 3.8) is 0 Å². The van der Waals surface area contributed by atoms with Crippen molar-refractivity contribution < 1.29 is 64.1 Å². The molecule has 1 aromatic carbocycles. The van der Waals surface area contributed by atoms with E-state index in [-0.39, 0.29) is 29.6 Å². The Morgan fingerprint density at radius 3 is 1.74 bits per heavy atom. The van der Waals surface area contributed by atoms with Crippen LogP contribution in [0.3, 0.4) is 0 Å². The van der Waals surface area contributed by atoms with Gasteiger partial charge in [0.05, 0.1) is 10.5 Å². The van der Waals surface area contributed by atoms with Gasteiger partial charge >= 0.3 is 35.7 Å². The third-order valence-corrected chi connectivity index (χ3v) is 5.23. The topological polar surface area (TPSA) is 91.3 Å². The fraction of sp³-hybridized carbons (Fsp3) is 0.250. The summed E-state index contributed by atoms with van der Waals surface area (Å²) in [5.41, 5.74) is -1.08. The minimum atomic E-state index is -5.03. The summed E-state index contributed by atoms with van der Waals surface area (Å²) in [5.74, 6) is 0. The minimum absolute atomic E-state index is 0. The normalized spacial score (nSPS) is 12.8. The number of hydrogen-bond acceptors (Lipinski definition) is 5. The maximum Gasteiger partial charge on any atom is 1.00 e. The molecule has 0 saturated heterocycles. The van der Waals surface area contributed by atoms with Crippen LogP contribution in [0.4, 0.5) is 13.2 Å². The Labute approximate surface area is 129 Å². The van der Waals surface area contributed by atoms with Gasteiger partial charge in [0.15, 0.2) is 9.84 Å². The van der Waals surface area contributed by atoms with E-state index in [1.807, 2.05) is 0 Å². The molecular weight excluding hydrogens is 320 g/mol. The van der Waals surface area contributed by atoms with Crippen molar-refractivity contribution in [2.75, 3.05) is 5.08 Å². The smallest absolute Gasteiger partial charge is 0.747 e. The Morgan fingerprint density at radius 1 is 1.00 bits per heavy atom. The molecule has 19 heavy (non-hydrogen) atoms. The molecule has 0 atom stereocenters. The summed E-state index contributed by atoms with van der Waals surface area (Å²) in [7, 11) is -9.48. The van der Waals surface area contributed by atoms with E-state index in [1.165, 1.54) is 0 Å². The van der Waals surface area contributed by atoms with Crippen LogP contribution >= 0.6 is 0 Å². The van der Waals surface area contributed by atoms with E-state index in [1.54, 1.807) is 0 Å². The number of halogens is 3. The first-order valence-electron chi connectivity index (χ1n) is 4.25. The zero-order chi connectivity index (χ0) is 14.2. The van der Waals surface area contributed by atoms with Crippen LogP contribution in [0.15, 0.2) is 29.2 Å². The molecule has 11 heteroatoms. The largest absolute Gasteiger partial charge is 1.00 e. The molecule has 0 aromatic heterocycles. The van der Waals surface area contributed by atoms with Crippen molar-refractivity contribution in [2.24, 2.45) is 0 Å². The molecule has 0 fully saturated rings. The van der Waals surface area contributed by atoms with E-state index >= 15 is 0 Å². The quantitative estimate of drug-likeness (QED) is 0.473. The van der Waals surface area contributed by atoms with Crippen LogP contribution < -0.4 is 29.6 Å². The van der Waals surface area contributed by atoms with Gasteiger partial charge in [-0.2, -0.15) is 13.2 Å². The molecule has 0 unspecified atom stereocenters. The van der Waals surface area contributed by atoms with Crippen LogP contribution in [-0.4, -0.2) is 26.5 Å². The number of benzene rings is 1.